The van der Waals surface area contributed by atoms with Crippen molar-refractivity contribution in [1.82, 2.24) is 5.32 Å². The Morgan fingerprint density at radius 3 is 2.57 bits per heavy atom. The van der Waals surface area contributed by atoms with Crippen LogP contribution in [0.1, 0.15) is 32.1 Å². The molecule has 0 unspecified atom stereocenters. The molecule has 0 aromatic heterocycles. The molecule has 4 nitrogen and oxygen atoms in total. The Balaban J connectivity index is 2.40. The minimum Gasteiger partial charge on any atom is -0.396 e. The van der Waals surface area contributed by atoms with Crippen molar-refractivity contribution in [2.45, 2.75) is 32.1 Å². The van der Waals surface area contributed by atoms with E-state index in [2.05, 4.69) is 5.32 Å². The van der Waals surface area contributed by atoms with Gasteiger partial charge in [0.05, 0.1) is 5.41 Å². The van der Waals surface area contributed by atoms with Gasteiger partial charge in [-0.2, -0.15) is 0 Å². The number of rotatable bonds is 5. The highest BCUT2D eigenvalue weighted by atomic mass is 16.3. The van der Waals surface area contributed by atoms with Crippen molar-refractivity contribution < 1.29 is 9.90 Å². The van der Waals surface area contributed by atoms with E-state index in [0.717, 1.165) is 25.7 Å². The van der Waals surface area contributed by atoms with E-state index in [0.29, 0.717) is 19.5 Å². The van der Waals surface area contributed by atoms with Crippen molar-refractivity contribution in [2.24, 2.45) is 11.1 Å². The Labute approximate surface area is 84.9 Å². The lowest BCUT2D eigenvalue weighted by molar-refractivity contribution is -0.130. The van der Waals surface area contributed by atoms with Gasteiger partial charge in [-0.15, -0.1) is 0 Å². The van der Waals surface area contributed by atoms with Gasteiger partial charge in [-0.25, -0.2) is 0 Å². The van der Waals surface area contributed by atoms with Gasteiger partial charge >= 0.3 is 0 Å². The predicted octanol–water partition coefficient (Wildman–Crippen LogP) is 0.00410. The molecule has 0 aromatic rings. The molecular formula is C10H20N2O2. The summed E-state index contributed by atoms with van der Waals surface area (Å²) in [5.41, 5.74) is 5.35. The average Bonchev–Trinajstić information content (AvgIpc) is 2.67. The highest BCUT2D eigenvalue weighted by Crippen LogP contribution is 2.37. The molecule has 1 rings (SSSR count). The molecule has 0 spiro atoms. The molecule has 1 fully saturated rings. The first kappa shape index (κ1) is 11.5. The summed E-state index contributed by atoms with van der Waals surface area (Å²) in [4.78, 5) is 11.8. The van der Waals surface area contributed by atoms with E-state index in [9.17, 15) is 4.79 Å². The summed E-state index contributed by atoms with van der Waals surface area (Å²) in [6.07, 6.45) is 4.64. The molecule has 1 aliphatic rings. The first-order chi connectivity index (χ1) is 6.75. The van der Waals surface area contributed by atoms with Gasteiger partial charge in [0.15, 0.2) is 0 Å². The molecule has 0 heterocycles. The van der Waals surface area contributed by atoms with E-state index in [1.54, 1.807) is 0 Å². The Kier molecular flexibility index (Phi) is 4.35. The van der Waals surface area contributed by atoms with Gasteiger partial charge in [-0.1, -0.05) is 12.8 Å². The Hall–Kier alpha value is -0.610. The first-order valence-corrected chi connectivity index (χ1v) is 5.34. The van der Waals surface area contributed by atoms with Gasteiger partial charge in [-0.05, 0) is 19.3 Å². The lowest BCUT2D eigenvalue weighted by Crippen LogP contribution is -2.44. The maximum Gasteiger partial charge on any atom is 0.227 e. The largest absolute Gasteiger partial charge is 0.396 e. The molecule has 0 aromatic carbocycles. The normalized spacial score (nSPS) is 19.6. The zero-order valence-corrected chi connectivity index (χ0v) is 8.59. The molecule has 82 valence electrons. The third-order valence-corrected chi connectivity index (χ3v) is 3.05. The molecular weight excluding hydrogens is 180 g/mol. The fourth-order valence-electron chi connectivity index (χ4n) is 2.04. The molecule has 0 atom stereocenters. The number of hydrogen-bond donors (Lipinski definition) is 3. The lowest BCUT2D eigenvalue weighted by Gasteiger charge is -2.25. The third-order valence-electron chi connectivity index (χ3n) is 3.05. The first-order valence-electron chi connectivity index (χ1n) is 5.34. The van der Waals surface area contributed by atoms with Crippen LogP contribution in [0.2, 0.25) is 0 Å². The van der Waals surface area contributed by atoms with Crippen LogP contribution in [0.15, 0.2) is 0 Å². The van der Waals surface area contributed by atoms with Crippen molar-refractivity contribution in [3.8, 4) is 0 Å². The summed E-state index contributed by atoms with van der Waals surface area (Å²) in [5, 5.41) is 11.4. The van der Waals surface area contributed by atoms with Crippen LogP contribution in [-0.2, 0) is 4.79 Å². The van der Waals surface area contributed by atoms with E-state index < -0.39 is 0 Å². The van der Waals surface area contributed by atoms with E-state index in [4.69, 9.17) is 10.8 Å². The summed E-state index contributed by atoms with van der Waals surface area (Å²) >= 11 is 0. The number of amides is 1. The molecule has 0 bridgehead atoms. The van der Waals surface area contributed by atoms with E-state index in [-0.39, 0.29) is 17.9 Å². The van der Waals surface area contributed by atoms with Crippen LogP contribution in [0.25, 0.3) is 0 Å². The standard InChI is InChI=1S/C10H20N2O2/c11-8-10(4-1-2-5-10)9(14)12-6-3-7-13/h13H,1-8,11H2,(H,12,14). The fourth-order valence-corrected chi connectivity index (χ4v) is 2.04. The number of carbonyl (C=O) groups is 1. The molecule has 4 N–H and O–H groups in total. The maximum atomic E-state index is 11.8. The van der Waals surface area contributed by atoms with Crippen molar-refractivity contribution in [3.63, 3.8) is 0 Å². The van der Waals surface area contributed by atoms with Crippen LogP contribution in [0.4, 0.5) is 0 Å². The van der Waals surface area contributed by atoms with Crippen LogP contribution in [0.5, 0.6) is 0 Å². The van der Waals surface area contributed by atoms with Crippen LogP contribution in [0.3, 0.4) is 0 Å². The van der Waals surface area contributed by atoms with Gasteiger partial charge in [0.2, 0.25) is 5.91 Å². The molecule has 0 aliphatic heterocycles. The smallest absolute Gasteiger partial charge is 0.227 e. The monoisotopic (exact) mass is 200 g/mol. The summed E-state index contributed by atoms with van der Waals surface area (Å²) in [7, 11) is 0. The number of carbonyl (C=O) groups excluding carboxylic acids is 1. The fraction of sp³-hybridized carbons (Fsp3) is 0.900. The summed E-state index contributed by atoms with van der Waals surface area (Å²) in [6.45, 7) is 1.12. The highest BCUT2D eigenvalue weighted by Gasteiger charge is 2.39. The molecule has 1 saturated carbocycles. The molecule has 1 aliphatic carbocycles. The van der Waals surface area contributed by atoms with Crippen molar-refractivity contribution in [1.29, 1.82) is 0 Å². The minimum atomic E-state index is -0.310. The highest BCUT2D eigenvalue weighted by molar-refractivity contribution is 5.83. The Morgan fingerprint density at radius 2 is 2.07 bits per heavy atom. The van der Waals surface area contributed by atoms with Crippen LogP contribution in [-0.4, -0.2) is 30.7 Å². The SMILES string of the molecule is NCC1(C(=O)NCCCO)CCCC1. The number of aliphatic hydroxyl groups is 1. The van der Waals surface area contributed by atoms with Gasteiger partial charge in [0.25, 0.3) is 0 Å². The van der Waals surface area contributed by atoms with Crippen molar-refractivity contribution >= 4 is 5.91 Å². The summed E-state index contributed by atoms with van der Waals surface area (Å²) < 4.78 is 0. The average molecular weight is 200 g/mol. The van der Waals surface area contributed by atoms with Crippen LogP contribution < -0.4 is 11.1 Å². The van der Waals surface area contributed by atoms with Gasteiger partial charge in [0.1, 0.15) is 0 Å². The quantitative estimate of drug-likeness (QED) is 0.547. The maximum absolute atomic E-state index is 11.8. The second kappa shape index (κ2) is 5.32. The van der Waals surface area contributed by atoms with E-state index in [1.807, 2.05) is 0 Å². The number of aliphatic hydroxyl groups excluding tert-OH is 1. The second-order valence-electron chi connectivity index (χ2n) is 4.02. The lowest BCUT2D eigenvalue weighted by atomic mass is 9.85. The second-order valence-corrected chi connectivity index (χ2v) is 4.02. The zero-order chi connectivity index (χ0) is 10.4. The van der Waals surface area contributed by atoms with Gasteiger partial charge < -0.3 is 16.2 Å². The number of nitrogens with one attached hydrogen (secondary N) is 1. The molecule has 1 amide bonds. The predicted molar refractivity (Wildman–Crippen MR) is 54.7 cm³/mol. The van der Waals surface area contributed by atoms with Gasteiger partial charge in [-0.3, -0.25) is 4.79 Å². The van der Waals surface area contributed by atoms with Gasteiger partial charge in [0, 0.05) is 19.7 Å². The molecule has 0 saturated heterocycles. The summed E-state index contributed by atoms with van der Waals surface area (Å²) in [6, 6.07) is 0. The molecule has 14 heavy (non-hydrogen) atoms. The number of nitrogens with two attached hydrogens (primary N) is 1. The molecule has 0 radical (unpaired) electrons. The van der Waals surface area contributed by atoms with E-state index in [1.165, 1.54) is 0 Å². The van der Waals surface area contributed by atoms with Crippen molar-refractivity contribution in [2.75, 3.05) is 19.7 Å². The minimum absolute atomic E-state index is 0.0750. The Morgan fingerprint density at radius 1 is 1.43 bits per heavy atom. The Bertz CT molecular complexity index is 189. The topological polar surface area (TPSA) is 75.4 Å². The summed E-state index contributed by atoms with van der Waals surface area (Å²) in [5.74, 6) is 0.0750. The van der Waals surface area contributed by atoms with Crippen molar-refractivity contribution in [3.05, 3.63) is 0 Å². The zero-order valence-electron chi connectivity index (χ0n) is 8.59. The van der Waals surface area contributed by atoms with E-state index >= 15 is 0 Å². The number of hydrogen-bond acceptors (Lipinski definition) is 3. The van der Waals surface area contributed by atoms with Crippen LogP contribution >= 0.6 is 0 Å². The van der Waals surface area contributed by atoms with Crippen LogP contribution in [0, 0.1) is 5.41 Å². The third kappa shape index (κ3) is 2.45. The molecule has 4 heteroatoms.